The Morgan fingerprint density at radius 1 is 1.21 bits per heavy atom. The van der Waals surface area contributed by atoms with Gasteiger partial charge in [0.05, 0.1) is 12.2 Å². The van der Waals surface area contributed by atoms with Crippen molar-refractivity contribution in [3.63, 3.8) is 0 Å². The number of furan rings is 1. The number of fused-ring (bicyclic) bond motifs is 2. The zero-order chi connectivity index (χ0) is 27.5. The summed E-state index contributed by atoms with van der Waals surface area (Å²) in [4.78, 5) is 47.1. The van der Waals surface area contributed by atoms with Crippen LogP contribution in [0, 0.1) is 5.82 Å². The Labute approximate surface area is 224 Å². The molecule has 0 unspecified atom stereocenters. The number of anilines is 1. The molecule has 3 aromatic rings. The van der Waals surface area contributed by atoms with Gasteiger partial charge in [0.15, 0.2) is 17.1 Å². The van der Waals surface area contributed by atoms with Crippen LogP contribution in [-0.2, 0) is 11.3 Å². The van der Waals surface area contributed by atoms with Gasteiger partial charge in [-0.1, -0.05) is 13.0 Å². The Balaban J connectivity index is 1.39. The Morgan fingerprint density at radius 3 is 2.72 bits per heavy atom. The van der Waals surface area contributed by atoms with E-state index in [0.717, 1.165) is 38.5 Å². The van der Waals surface area contributed by atoms with Crippen LogP contribution in [0.3, 0.4) is 0 Å². The number of urea groups is 1. The predicted molar refractivity (Wildman–Crippen MR) is 141 cm³/mol. The molecular formula is C27H31FN6O5. The minimum atomic E-state index is -0.830. The van der Waals surface area contributed by atoms with Gasteiger partial charge in [-0.15, -0.1) is 0 Å². The average Bonchev–Trinajstić information content (AvgIpc) is 3.51. The van der Waals surface area contributed by atoms with Crippen molar-refractivity contribution in [3.05, 3.63) is 53.0 Å². The molecule has 1 fully saturated rings. The standard InChI is InChI=1S/C27H31FN6O5/c1-3-32-9-11-33(12-10-32)23-8-7-20-18(30-23)13-22(39-20)19(31-27(37)29-16-35)15-34-14-17-5-6-21(38-4-2)25(28)24(17)26(34)36/h5-8,13,16,19H,3-4,9-12,14-15H2,1-2H3,(H2,29,31,35,37)/t19-/m0/s1. The highest BCUT2D eigenvalue weighted by molar-refractivity contribution is 5.99. The second-order valence-corrected chi connectivity index (χ2v) is 9.44. The van der Waals surface area contributed by atoms with E-state index >= 15 is 4.39 Å². The van der Waals surface area contributed by atoms with E-state index in [1.807, 2.05) is 17.4 Å². The number of hydrogen-bond donors (Lipinski definition) is 2. The fourth-order valence-electron chi connectivity index (χ4n) is 5.06. The number of hydrogen-bond acceptors (Lipinski definition) is 8. The normalized spacial score (nSPS) is 16.3. The summed E-state index contributed by atoms with van der Waals surface area (Å²) in [5.41, 5.74) is 1.60. The van der Waals surface area contributed by atoms with E-state index in [9.17, 15) is 14.4 Å². The molecule has 4 amide bonds. The van der Waals surface area contributed by atoms with E-state index in [2.05, 4.69) is 22.0 Å². The molecule has 0 spiro atoms. The number of halogens is 1. The van der Waals surface area contributed by atoms with Crippen molar-refractivity contribution in [1.29, 1.82) is 0 Å². The quantitative estimate of drug-likeness (QED) is 0.399. The van der Waals surface area contributed by atoms with Crippen molar-refractivity contribution in [2.24, 2.45) is 0 Å². The van der Waals surface area contributed by atoms with Crippen molar-refractivity contribution in [3.8, 4) is 5.75 Å². The Kier molecular flexibility index (Phi) is 7.64. The lowest BCUT2D eigenvalue weighted by atomic mass is 10.1. The van der Waals surface area contributed by atoms with E-state index in [0.29, 0.717) is 22.4 Å². The molecule has 11 nitrogen and oxygen atoms in total. The van der Waals surface area contributed by atoms with E-state index in [-0.39, 0.29) is 37.4 Å². The lowest BCUT2D eigenvalue weighted by Gasteiger charge is -2.34. The summed E-state index contributed by atoms with van der Waals surface area (Å²) in [5, 5.41) is 4.72. The summed E-state index contributed by atoms with van der Waals surface area (Å²) >= 11 is 0. The number of carbonyl (C=O) groups is 3. The minimum absolute atomic E-state index is 0.0155. The first kappa shape index (κ1) is 26.4. The first-order valence-corrected chi connectivity index (χ1v) is 13.0. The summed E-state index contributed by atoms with van der Waals surface area (Å²) in [6, 6.07) is 7.03. The third-order valence-corrected chi connectivity index (χ3v) is 7.12. The van der Waals surface area contributed by atoms with Gasteiger partial charge in [-0.3, -0.25) is 14.9 Å². The summed E-state index contributed by atoms with van der Waals surface area (Å²) in [6.45, 7) is 8.96. The minimum Gasteiger partial charge on any atom is -0.491 e. The first-order valence-electron chi connectivity index (χ1n) is 13.0. The topological polar surface area (TPSA) is 120 Å². The predicted octanol–water partition coefficient (Wildman–Crippen LogP) is 2.66. The fourth-order valence-corrected chi connectivity index (χ4v) is 5.06. The van der Waals surface area contributed by atoms with Crippen LogP contribution in [0.15, 0.2) is 34.7 Å². The molecule has 2 aliphatic rings. The molecule has 2 aliphatic heterocycles. The molecule has 39 heavy (non-hydrogen) atoms. The number of imide groups is 1. The van der Waals surface area contributed by atoms with Crippen molar-refractivity contribution >= 4 is 35.3 Å². The second-order valence-electron chi connectivity index (χ2n) is 9.44. The second kappa shape index (κ2) is 11.3. The summed E-state index contributed by atoms with van der Waals surface area (Å²) in [7, 11) is 0. The van der Waals surface area contributed by atoms with Gasteiger partial charge >= 0.3 is 6.03 Å². The maximum absolute atomic E-state index is 15.0. The number of ether oxygens (including phenoxy) is 1. The molecule has 0 radical (unpaired) electrons. The Bertz CT molecular complexity index is 1390. The molecule has 1 atom stereocenters. The van der Waals surface area contributed by atoms with Gasteiger partial charge in [0.2, 0.25) is 6.41 Å². The van der Waals surface area contributed by atoms with Crippen molar-refractivity contribution < 1.29 is 27.9 Å². The highest BCUT2D eigenvalue weighted by Crippen LogP contribution is 2.33. The molecule has 0 bridgehead atoms. The molecule has 0 aliphatic carbocycles. The number of nitrogens with one attached hydrogen (secondary N) is 2. The number of amides is 4. The van der Waals surface area contributed by atoms with E-state index in [1.54, 1.807) is 19.1 Å². The zero-order valence-electron chi connectivity index (χ0n) is 21.9. The van der Waals surface area contributed by atoms with E-state index < -0.39 is 23.8 Å². The molecule has 12 heteroatoms. The van der Waals surface area contributed by atoms with Crippen LogP contribution in [0.25, 0.3) is 11.1 Å². The average molecular weight is 539 g/mol. The van der Waals surface area contributed by atoms with Crippen LogP contribution in [0.5, 0.6) is 5.75 Å². The molecule has 206 valence electrons. The number of aromatic nitrogens is 1. The van der Waals surface area contributed by atoms with Gasteiger partial charge in [0.1, 0.15) is 23.1 Å². The zero-order valence-corrected chi connectivity index (χ0v) is 21.9. The number of benzene rings is 1. The molecule has 1 aromatic carbocycles. The molecule has 2 aromatic heterocycles. The van der Waals surface area contributed by atoms with Gasteiger partial charge < -0.3 is 29.2 Å². The molecule has 2 N–H and O–H groups in total. The van der Waals surface area contributed by atoms with E-state index in [4.69, 9.17) is 14.1 Å². The number of carbonyl (C=O) groups excluding carboxylic acids is 3. The molecule has 4 heterocycles. The third kappa shape index (κ3) is 5.37. The van der Waals surface area contributed by atoms with Crippen LogP contribution in [-0.4, -0.2) is 79.0 Å². The molecular weight excluding hydrogens is 507 g/mol. The number of piperazine rings is 1. The highest BCUT2D eigenvalue weighted by Gasteiger charge is 2.35. The van der Waals surface area contributed by atoms with E-state index in [1.165, 1.54) is 11.0 Å². The Hall–Kier alpha value is -4.19. The number of pyridine rings is 1. The fraction of sp³-hybridized carbons (Fsp3) is 0.407. The number of nitrogens with zero attached hydrogens (tertiary/aromatic N) is 4. The monoisotopic (exact) mass is 538 g/mol. The molecule has 5 rings (SSSR count). The number of likely N-dealkylation sites (N-methyl/N-ethyl adjacent to an activating group) is 1. The SMILES string of the molecule is CCOc1ccc2c(c1F)C(=O)N(C[C@H](NC(=O)NC=O)c1cc3nc(N4CCN(CC)CC4)ccc3o1)C2. The van der Waals surface area contributed by atoms with Crippen LogP contribution in [0.2, 0.25) is 0 Å². The van der Waals surface area contributed by atoms with Gasteiger partial charge in [-0.05, 0) is 37.2 Å². The smallest absolute Gasteiger partial charge is 0.321 e. The summed E-state index contributed by atoms with van der Waals surface area (Å²) in [5.74, 6) is -0.0215. The van der Waals surface area contributed by atoms with Gasteiger partial charge in [0, 0.05) is 45.3 Å². The maximum Gasteiger partial charge on any atom is 0.321 e. The first-order chi connectivity index (χ1) is 18.9. The van der Waals surface area contributed by atoms with Crippen LogP contribution in [0.1, 0.15) is 41.6 Å². The van der Waals surface area contributed by atoms with Crippen LogP contribution in [0.4, 0.5) is 15.0 Å². The van der Waals surface area contributed by atoms with Crippen molar-refractivity contribution in [2.45, 2.75) is 26.4 Å². The summed E-state index contributed by atoms with van der Waals surface area (Å²) in [6.07, 6.45) is 0.263. The van der Waals surface area contributed by atoms with Gasteiger partial charge in [0.25, 0.3) is 5.91 Å². The van der Waals surface area contributed by atoms with Gasteiger partial charge in [-0.25, -0.2) is 14.2 Å². The van der Waals surface area contributed by atoms with Crippen molar-refractivity contribution in [2.75, 3.05) is 50.8 Å². The van der Waals surface area contributed by atoms with Crippen LogP contribution < -0.4 is 20.3 Å². The third-order valence-electron chi connectivity index (χ3n) is 7.12. The molecule has 0 saturated carbocycles. The summed E-state index contributed by atoms with van der Waals surface area (Å²) < 4.78 is 26.3. The molecule has 1 saturated heterocycles. The lowest BCUT2D eigenvalue weighted by Crippen LogP contribution is -2.46. The lowest BCUT2D eigenvalue weighted by molar-refractivity contribution is -0.108. The van der Waals surface area contributed by atoms with Gasteiger partial charge in [-0.2, -0.15) is 0 Å². The maximum atomic E-state index is 15.0. The largest absolute Gasteiger partial charge is 0.491 e. The van der Waals surface area contributed by atoms with Crippen LogP contribution >= 0.6 is 0 Å². The van der Waals surface area contributed by atoms with Crippen molar-refractivity contribution in [1.82, 2.24) is 25.4 Å². The highest BCUT2D eigenvalue weighted by atomic mass is 19.1. The Morgan fingerprint density at radius 2 is 2.00 bits per heavy atom. The number of rotatable bonds is 9.